The quantitative estimate of drug-likeness (QED) is 0.484. The number of aromatic nitrogens is 1. The van der Waals surface area contributed by atoms with E-state index in [1.54, 1.807) is 12.4 Å². The molecule has 96 valence electrons. The van der Waals surface area contributed by atoms with Crippen molar-refractivity contribution in [1.82, 2.24) is 15.7 Å². The van der Waals surface area contributed by atoms with Crippen LogP contribution in [-0.2, 0) is 4.74 Å². The van der Waals surface area contributed by atoms with Gasteiger partial charge in [-0.05, 0) is 37.2 Å². The third-order valence-electron chi connectivity index (χ3n) is 2.56. The molecule has 0 aliphatic carbocycles. The lowest BCUT2D eigenvalue weighted by molar-refractivity contribution is 0.114. The second-order valence-electron chi connectivity index (χ2n) is 3.97. The summed E-state index contributed by atoms with van der Waals surface area (Å²) in [6, 6.07) is 5.63. The SMILES string of the molecule is S=C(NC[C@H]1CCCO1)N/N=C\c1ccccn1. The number of thiocarbonyl (C=S) groups is 1. The van der Waals surface area contributed by atoms with E-state index >= 15 is 0 Å². The molecule has 2 heterocycles. The minimum Gasteiger partial charge on any atom is -0.376 e. The second kappa shape index (κ2) is 7.03. The Kier molecular flexibility index (Phi) is 5.04. The molecule has 0 unspecified atom stereocenters. The molecule has 1 aliphatic heterocycles. The first-order valence-electron chi connectivity index (χ1n) is 5.94. The van der Waals surface area contributed by atoms with E-state index in [4.69, 9.17) is 17.0 Å². The highest BCUT2D eigenvalue weighted by atomic mass is 32.1. The fourth-order valence-electron chi connectivity index (χ4n) is 1.66. The van der Waals surface area contributed by atoms with E-state index in [9.17, 15) is 0 Å². The van der Waals surface area contributed by atoms with E-state index in [-0.39, 0.29) is 6.10 Å². The van der Waals surface area contributed by atoms with Gasteiger partial charge in [-0.3, -0.25) is 10.4 Å². The largest absolute Gasteiger partial charge is 0.376 e. The number of nitrogens with one attached hydrogen (secondary N) is 2. The summed E-state index contributed by atoms with van der Waals surface area (Å²) in [7, 11) is 0. The summed E-state index contributed by atoms with van der Waals surface area (Å²) in [5, 5.41) is 7.57. The van der Waals surface area contributed by atoms with Gasteiger partial charge in [0.1, 0.15) is 0 Å². The number of pyridine rings is 1. The van der Waals surface area contributed by atoms with Gasteiger partial charge in [-0.1, -0.05) is 6.07 Å². The highest BCUT2D eigenvalue weighted by Crippen LogP contribution is 2.10. The van der Waals surface area contributed by atoms with E-state index in [0.29, 0.717) is 5.11 Å². The van der Waals surface area contributed by atoms with Gasteiger partial charge in [-0.25, -0.2) is 0 Å². The summed E-state index contributed by atoms with van der Waals surface area (Å²) >= 11 is 5.09. The Morgan fingerprint density at radius 1 is 1.61 bits per heavy atom. The molecule has 2 N–H and O–H groups in total. The Labute approximate surface area is 112 Å². The monoisotopic (exact) mass is 264 g/mol. The van der Waals surface area contributed by atoms with Crippen molar-refractivity contribution in [1.29, 1.82) is 0 Å². The van der Waals surface area contributed by atoms with Crippen LogP contribution in [0, 0.1) is 0 Å². The molecule has 1 aromatic rings. The molecular weight excluding hydrogens is 248 g/mol. The summed E-state index contributed by atoms with van der Waals surface area (Å²) in [5.74, 6) is 0. The first-order valence-corrected chi connectivity index (χ1v) is 6.35. The molecule has 0 aromatic carbocycles. The highest BCUT2D eigenvalue weighted by molar-refractivity contribution is 7.80. The number of hydrazone groups is 1. The number of nitrogens with zero attached hydrogens (tertiary/aromatic N) is 2. The first-order chi connectivity index (χ1) is 8.84. The molecule has 1 fully saturated rings. The number of hydrogen-bond donors (Lipinski definition) is 2. The van der Waals surface area contributed by atoms with Gasteiger partial charge >= 0.3 is 0 Å². The lowest BCUT2D eigenvalue weighted by Crippen LogP contribution is -2.37. The van der Waals surface area contributed by atoms with Crippen molar-refractivity contribution in [2.45, 2.75) is 18.9 Å². The van der Waals surface area contributed by atoms with Crippen molar-refractivity contribution in [2.24, 2.45) is 5.10 Å². The number of ether oxygens (including phenoxy) is 1. The predicted octanol–water partition coefficient (Wildman–Crippen LogP) is 1.06. The van der Waals surface area contributed by atoms with Gasteiger partial charge in [0, 0.05) is 19.3 Å². The van der Waals surface area contributed by atoms with Crippen molar-refractivity contribution >= 4 is 23.5 Å². The molecule has 0 spiro atoms. The van der Waals surface area contributed by atoms with Crippen molar-refractivity contribution in [3.63, 3.8) is 0 Å². The van der Waals surface area contributed by atoms with Crippen molar-refractivity contribution in [3.05, 3.63) is 30.1 Å². The number of hydrogen-bond acceptors (Lipinski definition) is 4. The van der Waals surface area contributed by atoms with Crippen LogP contribution in [0.5, 0.6) is 0 Å². The van der Waals surface area contributed by atoms with E-state index in [1.165, 1.54) is 0 Å². The average molecular weight is 264 g/mol. The van der Waals surface area contributed by atoms with E-state index in [2.05, 4.69) is 20.8 Å². The van der Waals surface area contributed by atoms with Gasteiger partial charge in [0.05, 0.1) is 18.0 Å². The maximum Gasteiger partial charge on any atom is 0.187 e. The summed E-state index contributed by atoms with van der Waals surface area (Å²) in [4.78, 5) is 4.11. The van der Waals surface area contributed by atoms with Gasteiger partial charge in [-0.2, -0.15) is 5.10 Å². The molecule has 5 nitrogen and oxygen atoms in total. The van der Waals surface area contributed by atoms with Gasteiger partial charge in [-0.15, -0.1) is 0 Å². The lowest BCUT2D eigenvalue weighted by atomic mass is 10.2. The molecule has 0 amide bonds. The molecule has 1 atom stereocenters. The Bertz CT molecular complexity index is 404. The third-order valence-corrected chi connectivity index (χ3v) is 2.80. The van der Waals surface area contributed by atoms with Crippen LogP contribution < -0.4 is 10.7 Å². The van der Waals surface area contributed by atoms with Crippen molar-refractivity contribution in [2.75, 3.05) is 13.2 Å². The molecule has 1 saturated heterocycles. The molecule has 0 radical (unpaired) electrons. The van der Waals surface area contributed by atoms with Crippen LogP contribution in [-0.4, -0.2) is 35.6 Å². The molecule has 18 heavy (non-hydrogen) atoms. The van der Waals surface area contributed by atoms with Crippen LogP contribution in [0.4, 0.5) is 0 Å². The van der Waals surface area contributed by atoms with Crippen LogP contribution in [0.3, 0.4) is 0 Å². The zero-order chi connectivity index (χ0) is 12.6. The Morgan fingerprint density at radius 2 is 2.56 bits per heavy atom. The molecule has 2 rings (SSSR count). The summed E-state index contributed by atoms with van der Waals surface area (Å²) in [6.07, 6.45) is 5.83. The van der Waals surface area contributed by atoms with Crippen molar-refractivity contribution < 1.29 is 4.74 Å². The van der Waals surface area contributed by atoms with Crippen molar-refractivity contribution in [3.8, 4) is 0 Å². The van der Waals surface area contributed by atoms with Crippen LogP contribution in [0.15, 0.2) is 29.5 Å². The molecule has 1 aliphatic rings. The van der Waals surface area contributed by atoms with E-state index in [1.807, 2.05) is 18.2 Å². The molecule has 0 bridgehead atoms. The Balaban J connectivity index is 1.66. The average Bonchev–Trinajstić information content (AvgIpc) is 2.91. The fourth-order valence-corrected chi connectivity index (χ4v) is 1.80. The maximum atomic E-state index is 5.48. The maximum absolute atomic E-state index is 5.48. The number of rotatable bonds is 4. The predicted molar refractivity (Wildman–Crippen MR) is 74.5 cm³/mol. The second-order valence-corrected chi connectivity index (χ2v) is 4.38. The van der Waals surface area contributed by atoms with Crippen LogP contribution >= 0.6 is 12.2 Å². The summed E-state index contributed by atoms with van der Waals surface area (Å²) in [5.41, 5.74) is 3.53. The van der Waals surface area contributed by atoms with Gasteiger partial charge < -0.3 is 10.1 Å². The zero-order valence-corrected chi connectivity index (χ0v) is 10.8. The Morgan fingerprint density at radius 3 is 3.28 bits per heavy atom. The minimum absolute atomic E-state index is 0.268. The topological polar surface area (TPSA) is 58.5 Å². The lowest BCUT2D eigenvalue weighted by Gasteiger charge is -2.11. The van der Waals surface area contributed by atoms with Gasteiger partial charge in [0.25, 0.3) is 0 Å². The van der Waals surface area contributed by atoms with Gasteiger partial charge in [0.15, 0.2) is 5.11 Å². The summed E-state index contributed by atoms with van der Waals surface area (Å²) < 4.78 is 5.48. The third kappa shape index (κ3) is 4.38. The van der Waals surface area contributed by atoms with Gasteiger partial charge in [0.2, 0.25) is 0 Å². The standard InChI is InChI=1S/C12H16N4OS/c18-12(14-9-11-5-3-7-17-11)16-15-8-10-4-1-2-6-13-10/h1-2,4,6,8,11H,3,5,7,9H2,(H2,14,16,18)/b15-8-/t11-/m1/s1. The van der Waals surface area contributed by atoms with Crippen LogP contribution in [0.25, 0.3) is 0 Å². The fraction of sp³-hybridized carbons (Fsp3) is 0.417. The van der Waals surface area contributed by atoms with Crippen LogP contribution in [0.2, 0.25) is 0 Å². The Hall–Kier alpha value is -1.53. The van der Waals surface area contributed by atoms with E-state index in [0.717, 1.165) is 31.7 Å². The summed E-state index contributed by atoms with van der Waals surface area (Å²) in [6.45, 7) is 1.58. The molecular formula is C12H16N4OS. The van der Waals surface area contributed by atoms with Crippen LogP contribution in [0.1, 0.15) is 18.5 Å². The van der Waals surface area contributed by atoms with E-state index < -0.39 is 0 Å². The molecule has 1 aromatic heterocycles. The smallest absolute Gasteiger partial charge is 0.187 e. The normalized spacial score (nSPS) is 19.0. The zero-order valence-electron chi connectivity index (χ0n) is 10.0. The minimum atomic E-state index is 0.268. The highest BCUT2D eigenvalue weighted by Gasteiger charge is 2.14. The first kappa shape index (κ1) is 12.9. The molecule has 6 heteroatoms. The molecule has 0 saturated carbocycles.